The number of amides is 2. The molecule has 1 N–H and O–H groups in total. The molecular formula is C10H16N2O2. The molecule has 2 atom stereocenters. The Morgan fingerprint density at radius 1 is 1.36 bits per heavy atom. The zero-order valence-electron chi connectivity index (χ0n) is 8.24. The SMILES string of the molecule is O=CNCC(=O)N1CC2CCCC2C1. The molecule has 1 aliphatic heterocycles. The van der Waals surface area contributed by atoms with Gasteiger partial charge >= 0.3 is 0 Å². The van der Waals surface area contributed by atoms with Gasteiger partial charge in [-0.05, 0) is 24.7 Å². The Hall–Kier alpha value is -1.06. The summed E-state index contributed by atoms with van der Waals surface area (Å²) in [4.78, 5) is 23.5. The molecule has 2 amide bonds. The molecule has 2 fully saturated rings. The van der Waals surface area contributed by atoms with Crippen molar-refractivity contribution in [2.75, 3.05) is 19.6 Å². The maximum absolute atomic E-state index is 11.5. The van der Waals surface area contributed by atoms with E-state index in [9.17, 15) is 9.59 Å². The number of hydrogen-bond donors (Lipinski definition) is 1. The molecule has 4 heteroatoms. The minimum Gasteiger partial charge on any atom is -0.350 e. The minimum atomic E-state index is 0.0616. The fourth-order valence-corrected chi connectivity index (χ4v) is 2.68. The average Bonchev–Trinajstić information content (AvgIpc) is 2.72. The molecule has 0 aromatic rings. The third-order valence-corrected chi connectivity index (χ3v) is 3.42. The number of carbonyl (C=O) groups is 2. The summed E-state index contributed by atoms with van der Waals surface area (Å²) in [7, 11) is 0. The van der Waals surface area contributed by atoms with E-state index in [4.69, 9.17) is 0 Å². The first-order valence-electron chi connectivity index (χ1n) is 5.26. The van der Waals surface area contributed by atoms with Gasteiger partial charge in [-0.2, -0.15) is 0 Å². The van der Waals surface area contributed by atoms with E-state index < -0.39 is 0 Å². The fourth-order valence-electron chi connectivity index (χ4n) is 2.68. The summed E-state index contributed by atoms with van der Waals surface area (Å²) in [6, 6.07) is 0. The van der Waals surface area contributed by atoms with Crippen LogP contribution in [-0.2, 0) is 9.59 Å². The molecule has 2 unspecified atom stereocenters. The van der Waals surface area contributed by atoms with Crippen molar-refractivity contribution in [3.63, 3.8) is 0 Å². The second-order valence-corrected chi connectivity index (χ2v) is 4.25. The number of nitrogens with zero attached hydrogens (tertiary/aromatic N) is 1. The Kier molecular flexibility index (Phi) is 2.70. The van der Waals surface area contributed by atoms with Gasteiger partial charge in [-0.15, -0.1) is 0 Å². The summed E-state index contributed by atoms with van der Waals surface area (Å²) in [6.07, 6.45) is 4.45. The second kappa shape index (κ2) is 3.98. The highest BCUT2D eigenvalue weighted by Gasteiger charge is 2.37. The van der Waals surface area contributed by atoms with E-state index >= 15 is 0 Å². The third kappa shape index (κ3) is 1.74. The van der Waals surface area contributed by atoms with Gasteiger partial charge in [0.25, 0.3) is 0 Å². The molecule has 0 aromatic heterocycles. The highest BCUT2D eigenvalue weighted by molar-refractivity contribution is 5.80. The average molecular weight is 196 g/mol. The quantitative estimate of drug-likeness (QED) is 0.645. The third-order valence-electron chi connectivity index (χ3n) is 3.42. The molecular weight excluding hydrogens is 180 g/mol. The van der Waals surface area contributed by atoms with Gasteiger partial charge in [-0.25, -0.2) is 0 Å². The Balaban J connectivity index is 1.83. The van der Waals surface area contributed by atoms with E-state index in [1.807, 2.05) is 4.90 Å². The molecule has 1 aliphatic carbocycles. The van der Waals surface area contributed by atoms with Gasteiger partial charge in [0.15, 0.2) is 0 Å². The second-order valence-electron chi connectivity index (χ2n) is 4.25. The van der Waals surface area contributed by atoms with Gasteiger partial charge < -0.3 is 10.2 Å². The lowest BCUT2D eigenvalue weighted by Gasteiger charge is -2.16. The molecule has 2 aliphatic rings. The molecule has 1 heterocycles. The minimum absolute atomic E-state index is 0.0616. The van der Waals surface area contributed by atoms with Crippen LogP contribution in [0.4, 0.5) is 0 Å². The van der Waals surface area contributed by atoms with Crippen LogP contribution >= 0.6 is 0 Å². The first-order chi connectivity index (χ1) is 6.81. The molecule has 0 aromatic carbocycles. The molecule has 0 spiro atoms. The van der Waals surface area contributed by atoms with Gasteiger partial charge in [0.05, 0.1) is 6.54 Å². The normalized spacial score (nSPS) is 30.1. The van der Waals surface area contributed by atoms with Crippen LogP contribution in [0.25, 0.3) is 0 Å². The van der Waals surface area contributed by atoms with Crippen molar-refractivity contribution in [1.29, 1.82) is 0 Å². The van der Waals surface area contributed by atoms with Crippen LogP contribution in [0.3, 0.4) is 0 Å². The lowest BCUT2D eigenvalue weighted by Crippen LogP contribution is -2.36. The van der Waals surface area contributed by atoms with Crippen LogP contribution in [0.5, 0.6) is 0 Å². The summed E-state index contributed by atoms with van der Waals surface area (Å²) in [5, 5.41) is 2.42. The first-order valence-corrected chi connectivity index (χ1v) is 5.26. The topological polar surface area (TPSA) is 49.4 Å². The Morgan fingerprint density at radius 2 is 2.00 bits per heavy atom. The van der Waals surface area contributed by atoms with E-state index in [2.05, 4.69) is 5.32 Å². The summed E-state index contributed by atoms with van der Waals surface area (Å²) in [5.41, 5.74) is 0. The van der Waals surface area contributed by atoms with Crippen LogP contribution in [0, 0.1) is 11.8 Å². The number of rotatable bonds is 3. The maximum atomic E-state index is 11.5. The van der Waals surface area contributed by atoms with Crippen molar-refractivity contribution in [3.05, 3.63) is 0 Å². The molecule has 2 rings (SSSR count). The maximum Gasteiger partial charge on any atom is 0.241 e. The zero-order chi connectivity index (χ0) is 9.97. The number of fused-ring (bicyclic) bond motifs is 1. The highest BCUT2D eigenvalue weighted by atomic mass is 16.2. The van der Waals surface area contributed by atoms with Crippen molar-refractivity contribution in [2.45, 2.75) is 19.3 Å². The largest absolute Gasteiger partial charge is 0.350 e. The van der Waals surface area contributed by atoms with Gasteiger partial charge in [-0.1, -0.05) is 6.42 Å². The van der Waals surface area contributed by atoms with Gasteiger partial charge in [0, 0.05) is 13.1 Å². The fraction of sp³-hybridized carbons (Fsp3) is 0.800. The van der Waals surface area contributed by atoms with Crippen molar-refractivity contribution >= 4 is 12.3 Å². The van der Waals surface area contributed by atoms with E-state index in [0.717, 1.165) is 24.9 Å². The lowest BCUT2D eigenvalue weighted by molar-refractivity contribution is -0.130. The van der Waals surface area contributed by atoms with Gasteiger partial charge in [-0.3, -0.25) is 9.59 Å². The summed E-state index contributed by atoms with van der Waals surface area (Å²) >= 11 is 0. The molecule has 1 saturated carbocycles. The Labute approximate surface area is 83.6 Å². The zero-order valence-corrected chi connectivity index (χ0v) is 8.24. The number of hydrogen-bond acceptors (Lipinski definition) is 2. The summed E-state index contributed by atoms with van der Waals surface area (Å²) in [5.74, 6) is 1.52. The Bertz CT molecular complexity index is 230. The van der Waals surface area contributed by atoms with Crippen LogP contribution in [0.15, 0.2) is 0 Å². The van der Waals surface area contributed by atoms with Crippen molar-refractivity contribution in [1.82, 2.24) is 10.2 Å². The van der Waals surface area contributed by atoms with Gasteiger partial charge in [0.2, 0.25) is 12.3 Å². The predicted octanol–water partition coefficient (Wildman–Crippen LogP) is -0.00910. The van der Waals surface area contributed by atoms with Gasteiger partial charge in [0.1, 0.15) is 0 Å². The molecule has 14 heavy (non-hydrogen) atoms. The first kappa shape index (κ1) is 9.49. The van der Waals surface area contributed by atoms with E-state index in [1.54, 1.807) is 0 Å². The lowest BCUT2D eigenvalue weighted by atomic mass is 10.0. The van der Waals surface area contributed by atoms with Crippen molar-refractivity contribution in [3.8, 4) is 0 Å². The molecule has 0 radical (unpaired) electrons. The standard InChI is InChI=1S/C10H16N2O2/c13-7-11-4-10(14)12-5-8-2-1-3-9(8)6-12/h7-9H,1-6H2,(H,11,13). The summed E-state index contributed by atoms with van der Waals surface area (Å²) in [6.45, 7) is 1.97. The number of carbonyl (C=O) groups excluding carboxylic acids is 2. The van der Waals surface area contributed by atoms with Crippen LogP contribution in [0.1, 0.15) is 19.3 Å². The number of nitrogens with one attached hydrogen (secondary N) is 1. The highest BCUT2D eigenvalue weighted by Crippen LogP contribution is 2.37. The van der Waals surface area contributed by atoms with Crippen molar-refractivity contribution in [2.24, 2.45) is 11.8 Å². The van der Waals surface area contributed by atoms with Crippen LogP contribution in [0.2, 0.25) is 0 Å². The Morgan fingerprint density at radius 3 is 2.57 bits per heavy atom. The van der Waals surface area contributed by atoms with E-state index in [0.29, 0.717) is 6.41 Å². The predicted molar refractivity (Wildman–Crippen MR) is 51.5 cm³/mol. The smallest absolute Gasteiger partial charge is 0.241 e. The van der Waals surface area contributed by atoms with E-state index in [-0.39, 0.29) is 12.5 Å². The number of likely N-dealkylation sites (tertiary alicyclic amines) is 1. The van der Waals surface area contributed by atoms with Crippen molar-refractivity contribution < 1.29 is 9.59 Å². The summed E-state index contributed by atoms with van der Waals surface area (Å²) < 4.78 is 0. The molecule has 0 bridgehead atoms. The molecule has 1 saturated heterocycles. The molecule has 78 valence electrons. The van der Waals surface area contributed by atoms with Crippen LogP contribution < -0.4 is 5.32 Å². The van der Waals surface area contributed by atoms with Crippen LogP contribution in [-0.4, -0.2) is 36.9 Å². The molecule has 4 nitrogen and oxygen atoms in total. The van der Waals surface area contributed by atoms with E-state index in [1.165, 1.54) is 19.3 Å². The monoisotopic (exact) mass is 196 g/mol.